The number of aromatic nitrogens is 1. The summed E-state index contributed by atoms with van der Waals surface area (Å²) in [5.41, 5.74) is 0.498. The lowest BCUT2D eigenvalue weighted by Gasteiger charge is -2.21. The molecule has 0 aliphatic carbocycles. The zero-order chi connectivity index (χ0) is 10.1. The average Bonchev–Trinajstić information content (AvgIpc) is 2.29. The SMILES string of the molecule is CC(C)(CS(=O)(=O)Cl)c1cc[nH]c1. The Morgan fingerprint density at radius 1 is 1.54 bits per heavy atom. The number of H-pyrrole nitrogens is 1. The van der Waals surface area contributed by atoms with E-state index in [0.29, 0.717) is 0 Å². The van der Waals surface area contributed by atoms with Crippen LogP contribution in [0.15, 0.2) is 18.5 Å². The van der Waals surface area contributed by atoms with E-state index in [0.717, 1.165) is 5.56 Å². The summed E-state index contributed by atoms with van der Waals surface area (Å²) in [7, 11) is 1.75. The molecule has 5 heteroatoms. The van der Waals surface area contributed by atoms with Gasteiger partial charge in [0.2, 0.25) is 9.05 Å². The molecule has 0 atom stereocenters. The second kappa shape index (κ2) is 3.35. The van der Waals surface area contributed by atoms with Crippen LogP contribution in [0.4, 0.5) is 0 Å². The maximum absolute atomic E-state index is 10.9. The Bertz CT molecular complexity index is 367. The zero-order valence-corrected chi connectivity index (χ0v) is 9.11. The largest absolute Gasteiger partial charge is 0.367 e. The maximum Gasteiger partial charge on any atom is 0.233 e. The summed E-state index contributed by atoms with van der Waals surface area (Å²) < 4.78 is 21.8. The average molecular weight is 222 g/mol. The van der Waals surface area contributed by atoms with E-state index in [9.17, 15) is 8.42 Å². The Morgan fingerprint density at radius 3 is 2.54 bits per heavy atom. The summed E-state index contributed by atoms with van der Waals surface area (Å²) in [6, 6.07) is 1.85. The van der Waals surface area contributed by atoms with Crippen molar-refractivity contribution in [1.82, 2.24) is 4.98 Å². The first-order valence-corrected chi connectivity index (χ1v) is 6.35. The molecule has 0 unspecified atom stereocenters. The molecule has 1 rings (SSSR count). The van der Waals surface area contributed by atoms with E-state index in [4.69, 9.17) is 10.7 Å². The molecule has 0 aromatic carbocycles. The molecule has 1 aromatic rings. The quantitative estimate of drug-likeness (QED) is 0.793. The van der Waals surface area contributed by atoms with Crippen LogP contribution in [0, 0.1) is 0 Å². The van der Waals surface area contributed by atoms with Gasteiger partial charge in [-0.2, -0.15) is 0 Å². The number of hydrogen-bond acceptors (Lipinski definition) is 2. The number of halogens is 1. The van der Waals surface area contributed by atoms with Crippen LogP contribution < -0.4 is 0 Å². The monoisotopic (exact) mass is 221 g/mol. The Balaban J connectivity index is 2.91. The molecule has 0 bridgehead atoms. The van der Waals surface area contributed by atoms with E-state index in [1.165, 1.54) is 0 Å². The molecule has 3 nitrogen and oxygen atoms in total. The summed E-state index contributed by atoms with van der Waals surface area (Å²) in [5, 5.41) is 0. The molecule has 0 fully saturated rings. The third-order valence-corrected chi connectivity index (χ3v) is 3.31. The van der Waals surface area contributed by atoms with Gasteiger partial charge in [-0.25, -0.2) is 8.42 Å². The second-order valence-corrected chi connectivity index (χ2v) is 6.44. The fourth-order valence-electron chi connectivity index (χ4n) is 1.26. The summed E-state index contributed by atoms with van der Waals surface area (Å²) in [5.74, 6) is -0.0561. The normalized spacial score (nSPS) is 13.2. The number of rotatable bonds is 3. The first-order valence-electron chi connectivity index (χ1n) is 3.87. The Labute approximate surface area is 82.5 Å². The summed E-state index contributed by atoms with van der Waals surface area (Å²) in [6.45, 7) is 3.69. The molecule has 1 aromatic heterocycles. The summed E-state index contributed by atoms with van der Waals surface area (Å²) in [6.07, 6.45) is 3.54. The first kappa shape index (κ1) is 10.6. The van der Waals surface area contributed by atoms with Gasteiger partial charge in [0.1, 0.15) is 0 Å². The highest BCUT2D eigenvalue weighted by Gasteiger charge is 2.26. The fourth-order valence-corrected chi connectivity index (χ4v) is 3.11. The molecule has 0 amide bonds. The van der Waals surface area contributed by atoms with Gasteiger partial charge >= 0.3 is 0 Å². The highest BCUT2D eigenvalue weighted by Crippen LogP contribution is 2.25. The minimum Gasteiger partial charge on any atom is -0.367 e. The molecule has 0 saturated carbocycles. The van der Waals surface area contributed by atoms with Gasteiger partial charge in [0.05, 0.1) is 5.75 Å². The van der Waals surface area contributed by atoms with Gasteiger partial charge in [-0.15, -0.1) is 0 Å². The predicted molar refractivity (Wildman–Crippen MR) is 53.5 cm³/mol. The molecule has 1 N–H and O–H groups in total. The topological polar surface area (TPSA) is 49.9 Å². The van der Waals surface area contributed by atoms with E-state index in [2.05, 4.69) is 4.98 Å². The van der Waals surface area contributed by atoms with Crippen molar-refractivity contribution in [2.45, 2.75) is 19.3 Å². The van der Waals surface area contributed by atoms with Crippen molar-refractivity contribution in [2.24, 2.45) is 0 Å². The van der Waals surface area contributed by atoms with Crippen molar-refractivity contribution in [1.29, 1.82) is 0 Å². The van der Waals surface area contributed by atoms with Crippen LogP contribution in [0.3, 0.4) is 0 Å². The van der Waals surface area contributed by atoms with E-state index in [1.807, 2.05) is 19.9 Å². The van der Waals surface area contributed by atoms with Gasteiger partial charge in [-0.05, 0) is 11.6 Å². The van der Waals surface area contributed by atoms with Crippen molar-refractivity contribution < 1.29 is 8.42 Å². The molecular formula is C8H12ClNO2S. The minimum absolute atomic E-state index is 0.0561. The first-order chi connectivity index (χ1) is 5.81. The molecular weight excluding hydrogens is 210 g/mol. The predicted octanol–water partition coefficient (Wildman–Crippen LogP) is 1.86. The Hall–Kier alpha value is -0.480. The Kier molecular flexibility index (Phi) is 2.73. The van der Waals surface area contributed by atoms with Crippen molar-refractivity contribution >= 4 is 19.7 Å². The van der Waals surface area contributed by atoms with E-state index < -0.39 is 14.5 Å². The zero-order valence-electron chi connectivity index (χ0n) is 7.54. The Morgan fingerprint density at radius 2 is 2.15 bits per heavy atom. The molecule has 0 saturated heterocycles. The van der Waals surface area contributed by atoms with E-state index in [1.54, 1.807) is 12.4 Å². The van der Waals surface area contributed by atoms with Crippen LogP contribution in [-0.2, 0) is 14.5 Å². The van der Waals surface area contributed by atoms with Crippen molar-refractivity contribution in [3.63, 3.8) is 0 Å². The van der Waals surface area contributed by atoms with Gasteiger partial charge in [0, 0.05) is 28.5 Å². The van der Waals surface area contributed by atoms with E-state index >= 15 is 0 Å². The smallest absolute Gasteiger partial charge is 0.233 e. The van der Waals surface area contributed by atoms with Crippen molar-refractivity contribution in [2.75, 3.05) is 5.75 Å². The minimum atomic E-state index is -3.45. The second-order valence-electron chi connectivity index (χ2n) is 3.67. The summed E-state index contributed by atoms with van der Waals surface area (Å²) >= 11 is 0. The highest BCUT2D eigenvalue weighted by molar-refractivity contribution is 8.13. The third kappa shape index (κ3) is 3.04. The van der Waals surface area contributed by atoms with Gasteiger partial charge in [-0.1, -0.05) is 13.8 Å². The van der Waals surface area contributed by atoms with Gasteiger partial charge in [-0.3, -0.25) is 0 Å². The maximum atomic E-state index is 10.9. The standard InChI is InChI=1S/C8H12ClNO2S/c1-8(2,6-13(9,11)12)7-3-4-10-5-7/h3-5,10H,6H2,1-2H3. The number of nitrogens with one attached hydrogen (secondary N) is 1. The van der Waals surface area contributed by atoms with Crippen LogP contribution in [0.2, 0.25) is 0 Å². The van der Waals surface area contributed by atoms with Crippen LogP contribution in [0.5, 0.6) is 0 Å². The summed E-state index contributed by atoms with van der Waals surface area (Å²) in [4.78, 5) is 2.88. The number of hydrogen-bond donors (Lipinski definition) is 1. The van der Waals surface area contributed by atoms with Crippen molar-refractivity contribution in [3.8, 4) is 0 Å². The van der Waals surface area contributed by atoms with Gasteiger partial charge in [0.15, 0.2) is 0 Å². The van der Waals surface area contributed by atoms with Crippen LogP contribution in [0.1, 0.15) is 19.4 Å². The molecule has 1 heterocycles. The molecule has 0 aliphatic heterocycles. The molecule has 0 radical (unpaired) electrons. The van der Waals surface area contributed by atoms with Crippen LogP contribution in [0.25, 0.3) is 0 Å². The van der Waals surface area contributed by atoms with Crippen LogP contribution in [-0.4, -0.2) is 19.2 Å². The molecule has 74 valence electrons. The van der Waals surface area contributed by atoms with Gasteiger partial charge < -0.3 is 4.98 Å². The molecule has 13 heavy (non-hydrogen) atoms. The lowest BCUT2D eigenvalue weighted by Crippen LogP contribution is -2.25. The van der Waals surface area contributed by atoms with Crippen molar-refractivity contribution in [3.05, 3.63) is 24.0 Å². The van der Waals surface area contributed by atoms with Crippen LogP contribution >= 0.6 is 10.7 Å². The molecule has 0 aliphatic rings. The highest BCUT2D eigenvalue weighted by atomic mass is 35.7. The lowest BCUT2D eigenvalue weighted by atomic mass is 9.89. The van der Waals surface area contributed by atoms with E-state index in [-0.39, 0.29) is 5.75 Å². The number of aromatic amines is 1. The van der Waals surface area contributed by atoms with Gasteiger partial charge in [0.25, 0.3) is 0 Å². The molecule has 0 spiro atoms. The third-order valence-electron chi connectivity index (χ3n) is 1.91. The lowest BCUT2D eigenvalue weighted by molar-refractivity contribution is 0.558. The fraction of sp³-hybridized carbons (Fsp3) is 0.500.